The molecule has 0 saturated heterocycles. The molecule has 1 N–H and O–H groups in total. The van der Waals surface area contributed by atoms with Crippen molar-refractivity contribution in [1.82, 2.24) is 29.9 Å². The number of benzene rings is 1. The van der Waals surface area contributed by atoms with Crippen LogP contribution in [-0.2, 0) is 11.3 Å². The van der Waals surface area contributed by atoms with Crippen molar-refractivity contribution >= 4 is 33.0 Å². The van der Waals surface area contributed by atoms with Crippen molar-refractivity contribution in [2.24, 2.45) is 0 Å². The zero-order valence-corrected chi connectivity index (χ0v) is 14.5. The maximum atomic E-state index is 12.5. The summed E-state index contributed by atoms with van der Waals surface area (Å²) >= 11 is 3.37. The van der Waals surface area contributed by atoms with Gasteiger partial charge in [-0.15, -0.1) is 5.10 Å². The van der Waals surface area contributed by atoms with Crippen LogP contribution in [0.1, 0.15) is 13.3 Å². The Labute approximate surface area is 145 Å². The monoisotopic (exact) mass is 390 g/mol. The van der Waals surface area contributed by atoms with Gasteiger partial charge in [0.15, 0.2) is 11.2 Å². The maximum Gasteiger partial charge on any atom is 0.284 e. The zero-order valence-electron chi connectivity index (χ0n) is 12.9. The molecule has 2 heterocycles. The first-order valence-corrected chi connectivity index (χ1v) is 8.23. The highest BCUT2D eigenvalue weighted by atomic mass is 79.9. The van der Waals surface area contributed by atoms with Crippen LogP contribution >= 0.6 is 15.9 Å². The molecule has 0 radical (unpaired) electrons. The van der Waals surface area contributed by atoms with E-state index in [1.54, 1.807) is 0 Å². The predicted molar refractivity (Wildman–Crippen MR) is 91.9 cm³/mol. The molecule has 1 aromatic carbocycles. The summed E-state index contributed by atoms with van der Waals surface area (Å²) < 4.78 is 3.66. The Morgan fingerprint density at radius 2 is 2.04 bits per heavy atom. The van der Waals surface area contributed by atoms with Crippen LogP contribution in [-0.4, -0.2) is 37.0 Å². The second kappa shape index (κ2) is 6.91. The van der Waals surface area contributed by atoms with Crippen LogP contribution in [0.5, 0.6) is 0 Å². The van der Waals surface area contributed by atoms with Crippen LogP contribution in [0.15, 0.2) is 39.9 Å². The Hall–Kier alpha value is -2.55. The predicted octanol–water partition coefficient (Wildman–Crippen LogP) is 1.27. The summed E-state index contributed by atoms with van der Waals surface area (Å²) in [6.45, 7) is 2.44. The van der Waals surface area contributed by atoms with E-state index < -0.39 is 5.56 Å². The number of rotatable bonds is 5. The lowest BCUT2D eigenvalue weighted by molar-refractivity contribution is -0.121. The molecule has 0 fully saturated rings. The summed E-state index contributed by atoms with van der Waals surface area (Å²) in [7, 11) is 0. The van der Waals surface area contributed by atoms with E-state index in [2.05, 4.69) is 36.5 Å². The minimum Gasteiger partial charge on any atom is -0.355 e. The van der Waals surface area contributed by atoms with Crippen LogP contribution in [0.25, 0.3) is 16.9 Å². The number of nitrogens with zero attached hydrogens (tertiary/aromatic N) is 5. The van der Waals surface area contributed by atoms with Gasteiger partial charge < -0.3 is 5.32 Å². The van der Waals surface area contributed by atoms with Gasteiger partial charge in [-0.25, -0.2) is 4.98 Å². The number of hydrogen-bond acceptors (Lipinski definition) is 5. The molecule has 0 atom stereocenters. The third kappa shape index (κ3) is 3.21. The highest BCUT2D eigenvalue weighted by Crippen LogP contribution is 2.15. The largest absolute Gasteiger partial charge is 0.355 e. The van der Waals surface area contributed by atoms with Gasteiger partial charge in [-0.05, 0) is 30.7 Å². The lowest BCUT2D eigenvalue weighted by Gasteiger charge is -2.06. The molecule has 0 aliphatic rings. The van der Waals surface area contributed by atoms with Crippen molar-refractivity contribution in [3.8, 4) is 5.69 Å². The van der Waals surface area contributed by atoms with Crippen LogP contribution in [0.2, 0.25) is 0 Å². The molecule has 0 aliphatic carbocycles. The Morgan fingerprint density at radius 3 is 2.75 bits per heavy atom. The molecule has 8 nitrogen and oxygen atoms in total. The van der Waals surface area contributed by atoms with E-state index in [1.165, 1.54) is 15.6 Å². The highest BCUT2D eigenvalue weighted by molar-refractivity contribution is 9.10. The molecule has 0 aliphatic heterocycles. The van der Waals surface area contributed by atoms with E-state index in [0.29, 0.717) is 12.2 Å². The minimum atomic E-state index is -0.394. The highest BCUT2D eigenvalue weighted by Gasteiger charge is 2.14. The fraction of sp³-hybridized carbons (Fsp3) is 0.267. The standard InChI is InChI=1S/C15H15BrN6O2/c1-2-7-17-12(23)8-21-9-18-14-13(15(21)24)19-20-22(14)11-5-3-10(16)4-6-11/h3-6,9H,2,7-8H2,1H3,(H,17,23). The lowest BCUT2D eigenvalue weighted by Crippen LogP contribution is -2.32. The topological polar surface area (TPSA) is 94.7 Å². The van der Waals surface area contributed by atoms with Gasteiger partial charge in [0, 0.05) is 11.0 Å². The second-order valence-electron chi connectivity index (χ2n) is 5.18. The third-order valence-electron chi connectivity index (χ3n) is 3.39. The van der Waals surface area contributed by atoms with Crippen molar-refractivity contribution in [3.05, 3.63) is 45.4 Å². The summed E-state index contributed by atoms with van der Waals surface area (Å²) in [6, 6.07) is 7.40. The van der Waals surface area contributed by atoms with Gasteiger partial charge in [0.25, 0.3) is 5.56 Å². The lowest BCUT2D eigenvalue weighted by atomic mass is 10.3. The molecule has 3 aromatic rings. The Bertz CT molecular complexity index is 931. The number of amides is 1. The van der Waals surface area contributed by atoms with Crippen LogP contribution in [0, 0.1) is 0 Å². The first kappa shape index (κ1) is 16.3. The molecule has 0 bridgehead atoms. The molecule has 1 amide bonds. The van der Waals surface area contributed by atoms with Crippen molar-refractivity contribution in [3.63, 3.8) is 0 Å². The molecule has 9 heteroatoms. The summed E-state index contributed by atoms with van der Waals surface area (Å²) in [5.74, 6) is -0.236. The zero-order chi connectivity index (χ0) is 17.1. The summed E-state index contributed by atoms with van der Waals surface area (Å²) in [6.07, 6.45) is 2.17. The van der Waals surface area contributed by atoms with Crippen molar-refractivity contribution in [2.45, 2.75) is 19.9 Å². The fourth-order valence-corrected chi connectivity index (χ4v) is 2.45. The number of hydrogen-bond donors (Lipinski definition) is 1. The molecule has 0 unspecified atom stereocenters. The number of fused-ring (bicyclic) bond motifs is 1. The molecule has 0 saturated carbocycles. The summed E-state index contributed by atoms with van der Waals surface area (Å²) in [5, 5.41) is 10.6. The van der Waals surface area contributed by atoms with Crippen molar-refractivity contribution < 1.29 is 4.79 Å². The molecule has 2 aromatic heterocycles. The van der Waals surface area contributed by atoms with E-state index in [9.17, 15) is 9.59 Å². The van der Waals surface area contributed by atoms with Gasteiger partial charge in [-0.1, -0.05) is 28.1 Å². The van der Waals surface area contributed by atoms with E-state index in [1.807, 2.05) is 31.2 Å². The molecule has 0 spiro atoms. The molecule has 24 heavy (non-hydrogen) atoms. The Kier molecular flexibility index (Phi) is 4.70. The molecule has 3 rings (SSSR count). The van der Waals surface area contributed by atoms with Crippen molar-refractivity contribution in [1.29, 1.82) is 0 Å². The normalized spacial score (nSPS) is 10.9. The average Bonchev–Trinajstić information content (AvgIpc) is 3.01. The van der Waals surface area contributed by atoms with Gasteiger partial charge in [0.05, 0.1) is 5.69 Å². The van der Waals surface area contributed by atoms with Gasteiger partial charge in [-0.3, -0.25) is 14.2 Å². The Morgan fingerprint density at radius 1 is 1.29 bits per heavy atom. The first-order chi connectivity index (χ1) is 11.6. The molecular formula is C15H15BrN6O2. The summed E-state index contributed by atoms with van der Waals surface area (Å²) in [4.78, 5) is 28.5. The van der Waals surface area contributed by atoms with Gasteiger partial charge in [-0.2, -0.15) is 4.68 Å². The number of aromatic nitrogens is 5. The number of carbonyl (C=O) groups is 1. The number of halogens is 1. The van der Waals surface area contributed by atoms with Crippen LogP contribution < -0.4 is 10.9 Å². The quantitative estimate of drug-likeness (QED) is 0.707. The Balaban J connectivity index is 1.95. The van der Waals surface area contributed by atoms with E-state index in [4.69, 9.17) is 0 Å². The van der Waals surface area contributed by atoms with Crippen LogP contribution in [0.4, 0.5) is 0 Å². The molecule has 124 valence electrons. The first-order valence-electron chi connectivity index (χ1n) is 7.43. The number of carbonyl (C=O) groups excluding carboxylic acids is 1. The van der Waals surface area contributed by atoms with Crippen LogP contribution in [0.3, 0.4) is 0 Å². The van der Waals surface area contributed by atoms with Gasteiger partial charge >= 0.3 is 0 Å². The molecular weight excluding hydrogens is 376 g/mol. The summed E-state index contributed by atoms with van der Waals surface area (Å²) in [5.41, 5.74) is 0.831. The second-order valence-corrected chi connectivity index (χ2v) is 6.09. The van der Waals surface area contributed by atoms with Gasteiger partial charge in [0.2, 0.25) is 5.91 Å². The van der Waals surface area contributed by atoms with E-state index >= 15 is 0 Å². The minimum absolute atomic E-state index is 0.0904. The van der Waals surface area contributed by atoms with Crippen molar-refractivity contribution in [2.75, 3.05) is 6.54 Å². The maximum absolute atomic E-state index is 12.5. The van der Waals surface area contributed by atoms with Gasteiger partial charge in [0.1, 0.15) is 12.9 Å². The van der Waals surface area contributed by atoms with E-state index in [0.717, 1.165) is 16.6 Å². The number of nitrogens with one attached hydrogen (secondary N) is 1. The smallest absolute Gasteiger partial charge is 0.284 e. The SMILES string of the molecule is CCCNC(=O)Cn1cnc2c(nnn2-c2ccc(Br)cc2)c1=O. The van der Waals surface area contributed by atoms with E-state index in [-0.39, 0.29) is 18.0 Å². The third-order valence-corrected chi connectivity index (χ3v) is 3.92. The fourth-order valence-electron chi connectivity index (χ4n) is 2.19. The average molecular weight is 391 g/mol.